The molecule has 3 rings (SSSR count). The van der Waals surface area contributed by atoms with E-state index >= 15 is 0 Å². The minimum atomic E-state index is -0.166. The minimum Gasteiger partial charge on any atom is -0.493 e. The highest BCUT2D eigenvalue weighted by atomic mass is 32.2. The molecular weight excluding hydrogens is 316 g/mol. The summed E-state index contributed by atoms with van der Waals surface area (Å²) in [6, 6.07) is 9.02. The zero-order valence-corrected chi connectivity index (χ0v) is 13.4. The molecule has 0 saturated heterocycles. The molecule has 0 saturated carbocycles. The molecule has 0 aliphatic rings. The van der Waals surface area contributed by atoms with Gasteiger partial charge >= 0.3 is 0 Å². The van der Waals surface area contributed by atoms with Crippen LogP contribution in [0, 0.1) is 0 Å². The number of ether oxygens (including phenoxy) is 2. The zero-order valence-electron chi connectivity index (χ0n) is 12.6. The van der Waals surface area contributed by atoms with Crippen LogP contribution in [0.1, 0.15) is 4.79 Å². The van der Waals surface area contributed by atoms with Crippen LogP contribution in [-0.2, 0) is 0 Å². The van der Waals surface area contributed by atoms with Gasteiger partial charge in [0.1, 0.15) is 5.52 Å². The van der Waals surface area contributed by atoms with Crippen LogP contribution in [0.3, 0.4) is 0 Å². The fourth-order valence-corrected chi connectivity index (χ4v) is 2.83. The molecule has 0 amide bonds. The first-order valence-corrected chi connectivity index (χ1v) is 7.76. The Morgan fingerprint density at radius 2 is 2.04 bits per heavy atom. The van der Waals surface area contributed by atoms with Gasteiger partial charge in [0, 0.05) is 11.1 Å². The molecule has 0 radical (unpaired) electrons. The number of carbonyl (C=O) groups excluding carboxylic acids is 1. The second-order valence-electron chi connectivity index (χ2n) is 4.55. The quantitative estimate of drug-likeness (QED) is 0.664. The van der Waals surface area contributed by atoms with Gasteiger partial charge in [0.2, 0.25) is 5.65 Å². The number of fused-ring (bicyclic) bond motifs is 1. The second-order valence-corrected chi connectivity index (χ2v) is 5.60. The van der Waals surface area contributed by atoms with Crippen LogP contribution in [-0.4, -0.2) is 45.9 Å². The minimum absolute atomic E-state index is 0.166. The van der Waals surface area contributed by atoms with E-state index < -0.39 is 0 Å². The van der Waals surface area contributed by atoms with Crippen LogP contribution in [0.25, 0.3) is 11.2 Å². The highest BCUT2D eigenvalue weighted by Gasteiger charge is 2.13. The lowest BCUT2D eigenvalue weighted by atomic mass is 10.3. The number of thioether (sulfide) groups is 1. The highest BCUT2D eigenvalue weighted by Crippen LogP contribution is 2.31. The molecule has 118 valence electrons. The lowest BCUT2D eigenvalue weighted by Crippen LogP contribution is -2.14. The van der Waals surface area contributed by atoms with Gasteiger partial charge in [0.15, 0.2) is 11.5 Å². The predicted octanol–water partition coefficient (Wildman–Crippen LogP) is 2.28. The predicted molar refractivity (Wildman–Crippen MR) is 86.2 cm³/mol. The number of hydrogen-bond acceptors (Lipinski definition) is 7. The fraction of sp³-hybridized carbons (Fsp3) is 0.200. The monoisotopic (exact) mass is 330 g/mol. The summed E-state index contributed by atoms with van der Waals surface area (Å²) in [7, 11) is 3.16. The summed E-state index contributed by atoms with van der Waals surface area (Å²) in [5.41, 5.74) is 1.06. The number of aromatic nitrogens is 4. The molecule has 23 heavy (non-hydrogen) atoms. The maximum atomic E-state index is 12.3. The molecule has 0 atom stereocenters. The van der Waals surface area contributed by atoms with E-state index in [2.05, 4.69) is 15.3 Å². The van der Waals surface area contributed by atoms with Crippen molar-refractivity contribution in [2.75, 3.05) is 20.0 Å². The highest BCUT2D eigenvalue weighted by molar-refractivity contribution is 8.00. The number of pyridine rings is 1. The summed E-state index contributed by atoms with van der Waals surface area (Å²) >= 11 is 1.39. The summed E-state index contributed by atoms with van der Waals surface area (Å²) in [4.78, 5) is 17.3. The maximum Gasteiger partial charge on any atom is 0.259 e. The third-order valence-corrected chi connectivity index (χ3v) is 4.16. The molecule has 0 bridgehead atoms. The molecule has 0 aliphatic heterocycles. The number of hydrogen-bond donors (Lipinski definition) is 0. The molecule has 0 aliphatic carbocycles. The van der Waals surface area contributed by atoms with Gasteiger partial charge < -0.3 is 9.47 Å². The number of rotatable bonds is 5. The van der Waals surface area contributed by atoms with Crippen LogP contribution in [0.15, 0.2) is 41.4 Å². The molecular formula is C15H14N4O3S. The molecule has 3 aromatic rings. The van der Waals surface area contributed by atoms with E-state index in [1.54, 1.807) is 38.6 Å². The van der Waals surface area contributed by atoms with Crippen molar-refractivity contribution in [1.82, 2.24) is 20.0 Å². The van der Waals surface area contributed by atoms with E-state index in [0.29, 0.717) is 22.7 Å². The average molecular weight is 330 g/mol. The van der Waals surface area contributed by atoms with Crippen molar-refractivity contribution in [3.05, 3.63) is 36.5 Å². The van der Waals surface area contributed by atoms with E-state index in [-0.39, 0.29) is 11.7 Å². The van der Waals surface area contributed by atoms with Crippen LogP contribution in [0.2, 0.25) is 0 Å². The Hall–Kier alpha value is -2.61. The van der Waals surface area contributed by atoms with Crippen molar-refractivity contribution in [2.24, 2.45) is 0 Å². The molecule has 8 heteroatoms. The third-order valence-electron chi connectivity index (χ3n) is 3.18. The largest absolute Gasteiger partial charge is 0.493 e. The van der Waals surface area contributed by atoms with Crippen molar-refractivity contribution in [2.45, 2.75) is 4.90 Å². The summed E-state index contributed by atoms with van der Waals surface area (Å²) in [5, 5.41) is 7.75. The van der Waals surface area contributed by atoms with E-state index in [1.807, 2.05) is 12.1 Å². The Morgan fingerprint density at radius 1 is 1.22 bits per heavy atom. The van der Waals surface area contributed by atoms with Gasteiger partial charge in [-0.25, -0.2) is 4.98 Å². The van der Waals surface area contributed by atoms with Gasteiger partial charge in [-0.1, -0.05) is 5.21 Å². The van der Waals surface area contributed by atoms with Crippen LogP contribution < -0.4 is 9.47 Å². The molecule has 0 unspecified atom stereocenters. The first kappa shape index (κ1) is 15.3. The number of methoxy groups -OCH3 is 2. The van der Waals surface area contributed by atoms with Gasteiger partial charge in [0.25, 0.3) is 5.91 Å². The molecule has 0 N–H and O–H groups in total. The first-order chi connectivity index (χ1) is 11.2. The number of benzene rings is 1. The van der Waals surface area contributed by atoms with Crippen molar-refractivity contribution >= 4 is 28.8 Å². The smallest absolute Gasteiger partial charge is 0.259 e. The van der Waals surface area contributed by atoms with Gasteiger partial charge in [-0.05, 0) is 30.3 Å². The Kier molecular flexibility index (Phi) is 4.42. The van der Waals surface area contributed by atoms with Crippen LogP contribution >= 0.6 is 11.8 Å². The summed E-state index contributed by atoms with van der Waals surface area (Å²) in [6.45, 7) is 0. The zero-order chi connectivity index (χ0) is 16.2. The maximum absolute atomic E-state index is 12.3. The fourth-order valence-electron chi connectivity index (χ4n) is 2.06. The van der Waals surface area contributed by atoms with E-state index in [9.17, 15) is 4.79 Å². The molecule has 1 aromatic carbocycles. The lowest BCUT2D eigenvalue weighted by molar-refractivity contribution is 0.0929. The molecule has 2 heterocycles. The molecule has 2 aromatic heterocycles. The summed E-state index contributed by atoms with van der Waals surface area (Å²) in [6.07, 6.45) is 1.62. The number of carbonyl (C=O) groups is 1. The van der Waals surface area contributed by atoms with Crippen LogP contribution in [0.5, 0.6) is 11.5 Å². The van der Waals surface area contributed by atoms with Gasteiger partial charge in [-0.15, -0.1) is 16.9 Å². The van der Waals surface area contributed by atoms with Crippen molar-refractivity contribution < 1.29 is 14.3 Å². The molecule has 0 fully saturated rings. The normalized spacial score (nSPS) is 10.7. The summed E-state index contributed by atoms with van der Waals surface area (Å²) in [5.74, 6) is 1.33. The van der Waals surface area contributed by atoms with Gasteiger partial charge in [-0.2, -0.15) is 4.68 Å². The molecule has 7 nitrogen and oxygen atoms in total. The van der Waals surface area contributed by atoms with Crippen molar-refractivity contribution in [3.63, 3.8) is 0 Å². The lowest BCUT2D eigenvalue weighted by Gasteiger charge is -2.09. The van der Waals surface area contributed by atoms with E-state index in [4.69, 9.17) is 9.47 Å². The second kappa shape index (κ2) is 6.66. The third kappa shape index (κ3) is 3.11. The summed E-state index contributed by atoms with van der Waals surface area (Å²) < 4.78 is 11.7. The molecule has 0 spiro atoms. The van der Waals surface area contributed by atoms with Crippen molar-refractivity contribution in [3.8, 4) is 11.5 Å². The standard InChI is InChI=1S/C15H14N4O3S/c1-21-12-6-5-10(8-13(12)22-2)23-9-14(20)19-11-4-3-7-16-15(11)17-18-19/h3-8H,9H2,1-2H3. The van der Waals surface area contributed by atoms with Gasteiger partial charge in [-0.3, -0.25) is 4.79 Å². The Balaban J connectivity index is 1.74. The van der Waals surface area contributed by atoms with Crippen molar-refractivity contribution in [1.29, 1.82) is 0 Å². The Morgan fingerprint density at radius 3 is 2.83 bits per heavy atom. The van der Waals surface area contributed by atoms with Crippen LogP contribution in [0.4, 0.5) is 0 Å². The number of nitrogens with zero attached hydrogens (tertiary/aromatic N) is 4. The van der Waals surface area contributed by atoms with E-state index in [0.717, 1.165) is 4.90 Å². The van der Waals surface area contributed by atoms with Gasteiger partial charge in [0.05, 0.1) is 20.0 Å². The Labute approximate surface area is 136 Å². The average Bonchev–Trinajstić information content (AvgIpc) is 3.03. The Bertz CT molecular complexity index is 850. The first-order valence-electron chi connectivity index (χ1n) is 6.77. The van der Waals surface area contributed by atoms with E-state index in [1.165, 1.54) is 16.4 Å². The topological polar surface area (TPSA) is 79.1 Å². The SMILES string of the molecule is COc1ccc(SCC(=O)n2nnc3ncccc32)cc1OC.